The molecule has 0 spiro atoms. The molecule has 0 amide bonds. The predicted molar refractivity (Wildman–Crippen MR) is 77.0 cm³/mol. The van der Waals surface area contributed by atoms with E-state index in [1.54, 1.807) is 16.7 Å². The summed E-state index contributed by atoms with van der Waals surface area (Å²) in [6.45, 7) is 3.32. The van der Waals surface area contributed by atoms with Crippen LogP contribution in [0.5, 0.6) is 0 Å². The minimum Gasteiger partial charge on any atom is -0.314 e. The lowest BCUT2D eigenvalue weighted by molar-refractivity contribution is 0.466. The van der Waals surface area contributed by atoms with E-state index < -0.39 is 0 Å². The highest BCUT2D eigenvalue weighted by molar-refractivity contribution is 5.35. The third kappa shape index (κ3) is 2.95. The monoisotopic (exact) mass is 243 g/mol. The third-order valence-electron chi connectivity index (χ3n) is 4.45. The van der Waals surface area contributed by atoms with Gasteiger partial charge in [-0.05, 0) is 61.3 Å². The van der Waals surface area contributed by atoms with E-state index >= 15 is 0 Å². The number of aryl methyl sites for hydroxylation is 2. The minimum absolute atomic E-state index is 0.696. The second kappa shape index (κ2) is 5.44. The molecule has 2 aliphatic carbocycles. The second-order valence-electron chi connectivity index (χ2n) is 6.09. The van der Waals surface area contributed by atoms with Gasteiger partial charge in [0, 0.05) is 6.04 Å². The molecule has 1 aromatic carbocycles. The van der Waals surface area contributed by atoms with Crippen LogP contribution in [-0.2, 0) is 19.3 Å². The van der Waals surface area contributed by atoms with Gasteiger partial charge < -0.3 is 5.32 Å². The molecule has 1 heteroatoms. The SMILES string of the molecule is CCNC(Cc1ccc2c(c1)CCC2)CC1CC1. The fraction of sp³-hybridized carbons (Fsp3) is 0.647. The number of rotatable bonds is 6. The Bertz CT molecular complexity index is 406. The molecule has 98 valence electrons. The van der Waals surface area contributed by atoms with Gasteiger partial charge in [0.25, 0.3) is 0 Å². The van der Waals surface area contributed by atoms with Crippen LogP contribution in [0, 0.1) is 5.92 Å². The Labute approximate surface area is 111 Å². The van der Waals surface area contributed by atoms with Gasteiger partial charge in [-0.2, -0.15) is 0 Å². The summed E-state index contributed by atoms with van der Waals surface area (Å²) < 4.78 is 0. The fourth-order valence-electron chi connectivity index (χ4n) is 3.32. The van der Waals surface area contributed by atoms with Crippen LogP contribution in [0.15, 0.2) is 18.2 Å². The lowest BCUT2D eigenvalue weighted by Crippen LogP contribution is -2.31. The van der Waals surface area contributed by atoms with Gasteiger partial charge in [0.1, 0.15) is 0 Å². The van der Waals surface area contributed by atoms with Crippen molar-refractivity contribution in [1.29, 1.82) is 0 Å². The zero-order valence-corrected chi connectivity index (χ0v) is 11.5. The molecular weight excluding hydrogens is 218 g/mol. The molecule has 1 atom stereocenters. The first-order chi connectivity index (χ1) is 8.85. The van der Waals surface area contributed by atoms with E-state index in [0.29, 0.717) is 6.04 Å². The summed E-state index contributed by atoms with van der Waals surface area (Å²) in [5.41, 5.74) is 4.76. The van der Waals surface area contributed by atoms with Crippen molar-refractivity contribution >= 4 is 0 Å². The molecule has 1 fully saturated rings. The summed E-state index contributed by atoms with van der Waals surface area (Å²) in [6.07, 6.45) is 9.49. The first-order valence-electron chi connectivity index (χ1n) is 7.69. The second-order valence-corrected chi connectivity index (χ2v) is 6.09. The van der Waals surface area contributed by atoms with Gasteiger partial charge in [-0.25, -0.2) is 0 Å². The Balaban J connectivity index is 1.65. The van der Waals surface area contributed by atoms with Crippen LogP contribution >= 0.6 is 0 Å². The Morgan fingerprint density at radius 1 is 1.22 bits per heavy atom. The van der Waals surface area contributed by atoms with E-state index in [1.165, 1.54) is 44.9 Å². The maximum atomic E-state index is 3.67. The van der Waals surface area contributed by atoms with Crippen molar-refractivity contribution in [3.8, 4) is 0 Å². The molecule has 18 heavy (non-hydrogen) atoms. The Morgan fingerprint density at radius 2 is 2.06 bits per heavy atom. The Kier molecular flexibility index (Phi) is 3.69. The van der Waals surface area contributed by atoms with Gasteiger partial charge in [-0.3, -0.25) is 0 Å². The zero-order valence-electron chi connectivity index (χ0n) is 11.5. The molecule has 0 aromatic heterocycles. The average molecular weight is 243 g/mol. The molecule has 2 aliphatic rings. The first-order valence-corrected chi connectivity index (χ1v) is 7.69. The number of fused-ring (bicyclic) bond motifs is 1. The molecule has 0 radical (unpaired) electrons. The van der Waals surface area contributed by atoms with E-state index in [-0.39, 0.29) is 0 Å². The number of benzene rings is 1. The van der Waals surface area contributed by atoms with Crippen molar-refractivity contribution in [2.24, 2.45) is 5.92 Å². The molecule has 1 aromatic rings. The molecule has 0 saturated heterocycles. The Hall–Kier alpha value is -0.820. The largest absolute Gasteiger partial charge is 0.314 e. The van der Waals surface area contributed by atoms with Gasteiger partial charge in [0.15, 0.2) is 0 Å². The summed E-state index contributed by atoms with van der Waals surface area (Å²) in [5.74, 6) is 1.02. The van der Waals surface area contributed by atoms with E-state index in [9.17, 15) is 0 Å². The van der Waals surface area contributed by atoms with Gasteiger partial charge >= 0.3 is 0 Å². The molecule has 1 nitrogen and oxygen atoms in total. The highest BCUT2D eigenvalue weighted by atomic mass is 14.9. The van der Waals surface area contributed by atoms with E-state index in [2.05, 4.69) is 30.4 Å². The van der Waals surface area contributed by atoms with Crippen molar-refractivity contribution in [2.75, 3.05) is 6.54 Å². The van der Waals surface area contributed by atoms with E-state index in [4.69, 9.17) is 0 Å². The quantitative estimate of drug-likeness (QED) is 0.806. The van der Waals surface area contributed by atoms with Crippen LogP contribution in [0.3, 0.4) is 0 Å². The van der Waals surface area contributed by atoms with Crippen molar-refractivity contribution in [2.45, 2.75) is 57.9 Å². The van der Waals surface area contributed by atoms with Crippen molar-refractivity contribution < 1.29 is 0 Å². The third-order valence-corrected chi connectivity index (χ3v) is 4.45. The lowest BCUT2D eigenvalue weighted by Gasteiger charge is -2.18. The highest BCUT2D eigenvalue weighted by Crippen LogP contribution is 2.34. The van der Waals surface area contributed by atoms with Crippen molar-refractivity contribution in [3.05, 3.63) is 34.9 Å². The van der Waals surface area contributed by atoms with Gasteiger partial charge in [0.05, 0.1) is 0 Å². The smallest absolute Gasteiger partial charge is 0.0110 e. The van der Waals surface area contributed by atoms with Crippen molar-refractivity contribution in [3.63, 3.8) is 0 Å². The summed E-state index contributed by atoms with van der Waals surface area (Å²) in [7, 11) is 0. The number of hydrogen-bond acceptors (Lipinski definition) is 1. The summed E-state index contributed by atoms with van der Waals surface area (Å²) >= 11 is 0. The lowest BCUT2D eigenvalue weighted by atomic mass is 9.98. The van der Waals surface area contributed by atoms with Crippen molar-refractivity contribution in [1.82, 2.24) is 5.32 Å². The number of likely N-dealkylation sites (N-methyl/N-ethyl adjacent to an activating group) is 1. The molecular formula is C17H25N. The highest BCUT2D eigenvalue weighted by Gasteiger charge is 2.25. The van der Waals surface area contributed by atoms with Crippen LogP contribution in [0.2, 0.25) is 0 Å². The maximum Gasteiger partial charge on any atom is 0.0110 e. The molecule has 0 bridgehead atoms. The van der Waals surface area contributed by atoms with Gasteiger partial charge in [-0.1, -0.05) is 38.0 Å². The van der Waals surface area contributed by atoms with E-state index in [0.717, 1.165) is 12.5 Å². The van der Waals surface area contributed by atoms with E-state index in [1.807, 2.05) is 0 Å². The summed E-state index contributed by atoms with van der Waals surface area (Å²) in [5, 5.41) is 3.67. The number of hydrogen-bond donors (Lipinski definition) is 1. The van der Waals surface area contributed by atoms with Crippen LogP contribution < -0.4 is 5.32 Å². The maximum absolute atomic E-state index is 3.67. The summed E-state index contributed by atoms with van der Waals surface area (Å²) in [4.78, 5) is 0. The van der Waals surface area contributed by atoms with Gasteiger partial charge in [-0.15, -0.1) is 0 Å². The zero-order chi connectivity index (χ0) is 12.4. The fourth-order valence-corrected chi connectivity index (χ4v) is 3.32. The van der Waals surface area contributed by atoms with Crippen LogP contribution in [-0.4, -0.2) is 12.6 Å². The molecule has 0 heterocycles. The standard InChI is InChI=1S/C17H25N/c1-2-18-17(11-13-6-7-13)12-14-8-9-15-4-3-5-16(15)10-14/h8-10,13,17-18H,2-7,11-12H2,1H3. The topological polar surface area (TPSA) is 12.0 Å². The minimum atomic E-state index is 0.696. The van der Waals surface area contributed by atoms with Crippen LogP contribution in [0.25, 0.3) is 0 Å². The number of nitrogens with one attached hydrogen (secondary N) is 1. The normalized spacial score (nSPS) is 19.8. The molecule has 1 unspecified atom stereocenters. The predicted octanol–water partition coefficient (Wildman–Crippen LogP) is 3.50. The first kappa shape index (κ1) is 12.2. The van der Waals surface area contributed by atoms with Crippen LogP contribution in [0.1, 0.15) is 49.3 Å². The summed E-state index contributed by atoms with van der Waals surface area (Å²) in [6, 6.07) is 7.90. The molecule has 1 saturated carbocycles. The van der Waals surface area contributed by atoms with Crippen LogP contribution in [0.4, 0.5) is 0 Å². The average Bonchev–Trinajstić information content (AvgIpc) is 3.05. The molecule has 0 aliphatic heterocycles. The molecule has 3 rings (SSSR count). The Morgan fingerprint density at radius 3 is 2.83 bits per heavy atom. The molecule has 1 N–H and O–H groups in total. The van der Waals surface area contributed by atoms with Gasteiger partial charge in [0.2, 0.25) is 0 Å².